The molecule has 2 aliphatic rings. The smallest absolute Gasteiger partial charge is 0.254 e. The maximum Gasteiger partial charge on any atom is 0.254 e. The summed E-state index contributed by atoms with van der Waals surface area (Å²) in [6.45, 7) is 1.20. The van der Waals surface area contributed by atoms with Crippen molar-refractivity contribution < 1.29 is 9.53 Å². The molecule has 1 saturated carbocycles. The second kappa shape index (κ2) is 6.65. The van der Waals surface area contributed by atoms with Crippen molar-refractivity contribution in [3.8, 4) is 0 Å². The van der Waals surface area contributed by atoms with E-state index in [1.54, 1.807) is 24.8 Å². The van der Waals surface area contributed by atoms with Gasteiger partial charge in [0, 0.05) is 36.6 Å². The maximum absolute atomic E-state index is 12.4. The van der Waals surface area contributed by atoms with Gasteiger partial charge in [-0.05, 0) is 37.0 Å². The van der Waals surface area contributed by atoms with E-state index in [0.717, 1.165) is 25.1 Å². The lowest BCUT2D eigenvalue weighted by Gasteiger charge is -2.19. The van der Waals surface area contributed by atoms with Gasteiger partial charge in [0.25, 0.3) is 5.91 Å². The van der Waals surface area contributed by atoms with Crippen molar-refractivity contribution in [1.82, 2.24) is 20.3 Å². The molecule has 0 bridgehead atoms. The van der Waals surface area contributed by atoms with E-state index in [9.17, 15) is 4.79 Å². The minimum absolute atomic E-state index is 0.00812. The third kappa shape index (κ3) is 3.43. The zero-order chi connectivity index (χ0) is 16.4. The van der Waals surface area contributed by atoms with Crippen LogP contribution >= 0.6 is 0 Å². The number of amides is 1. The van der Waals surface area contributed by atoms with Crippen molar-refractivity contribution in [2.45, 2.75) is 31.2 Å². The first-order valence-corrected chi connectivity index (χ1v) is 8.39. The van der Waals surface area contributed by atoms with E-state index >= 15 is 0 Å². The fourth-order valence-corrected chi connectivity index (χ4v) is 3.04. The van der Waals surface area contributed by atoms with Gasteiger partial charge >= 0.3 is 0 Å². The highest BCUT2D eigenvalue weighted by Crippen LogP contribution is 2.37. The van der Waals surface area contributed by atoms with Gasteiger partial charge in [-0.25, -0.2) is 9.97 Å². The Morgan fingerprint density at radius 1 is 1.17 bits per heavy atom. The molecule has 1 saturated heterocycles. The summed E-state index contributed by atoms with van der Waals surface area (Å²) in [5.41, 5.74) is 1.71. The molecule has 124 valence electrons. The average Bonchev–Trinajstić information content (AvgIpc) is 3.39. The summed E-state index contributed by atoms with van der Waals surface area (Å²) in [7, 11) is 0. The molecule has 3 heterocycles. The highest BCUT2D eigenvalue weighted by atomic mass is 16.5. The Morgan fingerprint density at radius 2 is 1.92 bits per heavy atom. The average molecular weight is 324 g/mol. The lowest BCUT2D eigenvalue weighted by Crippen LogP contribution is -2.40. The molecule has 24 heavy (non-hydrogen) atoms. The Hall–Kier alpha value is -2.34. The van der Waals surface area contributed by atoms with Crippen molar-refractivity contribution in [2.75, 3.05) is 13.2 Å². The largest absolute Gasteiger partial charge is 0.379 e. The number of ether oxygens (including phenoxy) is 1. The number of nitrogens with one attached hydrogen (secondary N) is 1. The first-order chi connectivity index (χ1) is 11.8. The van der Waals surface area contributed by atoms with E-state index in [1.165, 1.54) is 5.56 Å². The van der Waals surface area contributed by atoms with E-state index in [4.69, 9.17) is 4.74 Å². The van der Waals surface area contributed by atoms with Gasteiger partial charge in [-0.1, -0.05) is 0 Å². The third-order valence-electron chi connectivity index (χ3n) is 4.64. The molecule has 0 spiro atoms. The fourth-order valence-electron chi connectivity index (χ4n) is 3.04. The molecular weight excluding hydrogens is 304 g/mol. The zero-order valence-electron chi connectivity index (χ0n) is 13.4. The van der Waals surface area contributed by atoms with Gasteiger partial charge in [-0.3, -0.25) is 9.78 Å². The number of hydrogen-bond donors (Lipinski definition) is 1. The SMILES string of the molecule is O=C(N[C@H]1COC[C@H]1Cc1ccncc1)c1cnc(C2CC2)nc1. The van der Waals surface area contributed by atoms with Gasteiger partial charge in [-0.15, -0.1) is 0 Å². The molecule has 0 radical (unpaired) electrons. The van der Waals surface area contributed by atoms with Crippen molar-refractivity contribution in [3.05, 3.63) is 53.9 Å². The van der Waals surface area contributed by atoms with Crippen LogP contribution in [0.1, 0.15) is 40.5 Å². The third-order valence-corrected chi connectivity index (χ3v) is 4.64. The fraction of sp³-hybridized carbons (Fsp3) is 0.444. The lowest BCUT2D eigenvalue weighted by atomic mass is 9.95. The van der Waals surface area contributed by atoms with Gasteiger partial charge in [0.05, 0.1) is 24.8 Å². The Bertz CT molecular complexity index is 701. The van der Waals surface area contributed by atoms with Crippen molar-refractivity contribution in [1.29, 1.82) is 0 Å². The van der Waals surface area contributed by atoms with E-state index in [1.807, 2.05) is 12.1 Å². The van der Waals surface area contributed by atoms with E-state index in [-0.39, 0.29) is 17.9 Å². The van der Waals surface area contributed by atoms with Crippen LogP contribution in [0.25, 0.3) is 0 Å². The normalized spacial score (nSPS) is 23.2. The van der Waals surface area contributed by atoms with Gasteiger partial charge in [0.1, 0.15) is 5.82 Å². The number of aromatic nitrogens is 3. The van der Waals surface area contributed by atoms with Crippen molar-refractivity contribution in [3.63, 3.8) is 0 Å². The van der Waals surface area contributed by atoms with E-state index < -0.39 is 0 Å². The number of hydrogen-bond acceptors (Lipinski definition) is 5. The molecule has 1 aliphatic heterocycles. The number of nitrogens with zero attached hydrogens (tertiary/aromatic N) is 3. The van der Waals surface area contributed by atoms with Crippen molar-refractivity contribution >= 4 is 5.91 Å². The maximum atomic E-state index is 12.4. The van der Waals surface area contributed by atoms with Gasteiger partial charge in [0.15, 0.2) is 0 Å². The molecule has 1 aliphatic carbocycles. The Labute approximate surface area is 140 Å². The topological polar surface area (TPSA) is 77.0 Å². The number of carbonyl (C=O) groups is 1. The Kier molecular flexibility index (Phi) is 4.21. The van der Waals surface area contributed by atoms with Crippen molar-refractivity contribution in [2.24, 2.45) is 5.92 Å². The summed E-state index contributed by atoms with van der Waals surface area (Å²) in [5.74, 6) is 1.48. The second-order valence-electron chi connectivity index (χ2n) is 6.54. The number of rotatable bonds is 5. The Morgan fingerprint density at radius 3 is 2.62 bits per heavy atom. The molecule has 2 aromatic rings. The minimum atomic E-state index is -0.132. The predicted molar refractivity (Wildman–Crippen MR) is 87.5 cm³/mol. The van der Waals surface area contributed by atoms with Crippen LogP contribution in [-0.4, -0.2) is 40.1 Å². The molecule has 2 aromatic heterocycles. The molecule has 6 nitrogen and oxygen atoms in total. The summed E-state index contributed by atoms with van der Waals surface area (Å²) in [4.78, 5) is 25.1. The lowest BCUT2D eigenvalue weighted by molar-refractivity contribution is 0.0924. The second-order valence-corrected chi connectivity index (χ2v) is 6.54. The minimum Gasteiger partial charge on any atom is -0.379 e. The van der Waals surface area contributed by atoms with Crippen LogP contribution < -0.4 is 5.32 Å². The molecular formula is C18H20N4O2. The van der Waals surface area contributed by atoms with Crippen LogP contribution in [0.2, 0.25) is 0 Å². The quantitative estimate of drug-likeness (QED) is 0.906. The molecule has 4 rings (SSSR count). The van der Waals surface area contributed by atoms with Gasteiger partial charge in [0.2, 0.25) is 0 Å². The summed E-state index contributed by atoms with van der Waals surface area (Å²) in [5, 5.41) is 3.07. The van der Waals surface area contributed by atoms with Crippen LogP contribution in [-0.2, 0) is 11.2 Å². The Balaban J connectivity index is 1.38. The van der Waals surface area contributed by atoms with Crippen LogP contribution in [0.15, 0.2) is 36.9 Å². The molecule has 1 amide bonds. The summed E-state index contributed by atoms with van der Waals surface area (Å²) in [6.07, 6.45) is 10.0. The highest BCUT2D eigenvalue weighted by molar-refractivity contribution is 5.93. The van der Waals surface area contributed by atoms with Crippen LogP contribution in [0.4, 0.5) is 0 Å². The first kappa shape index (κ1) is 15.2. The molecule has 0 aromatic carbocycles. The zero-order valence-corrected chi connectivity index (χ0v) is 13.4. The standard InChI is InChI=1S/C18H20N4O2/c23-18(15-8-20-17(21-9-15)13-1-2-13)22-16-11-24-10-14(16)7-12-3-5-19-6-4-12/h3-6,8-9,13-14,16H,1-2,7,10-11H2,(H,22,23)/t14-,16+/m1/s1. The van der Waals surface area contributed by atoms with Crippen LogP contribution in [0, 0.1) is 5.92 Å². The first-order valence-electron chi connectivity index (χ1n) is 8.39. The summed E-state index contributed by atoms with van der Waals surface area (Å²) >= 11 is 0. The molecule has 0 unspecified atom stereocenters. The number of pyridine rings is 1. The predicted octanol–water partition coefficient (Wildman–Crippen LogP) is 1.74. The van der Waals surface area contributed by atoms with Crippen LogP contribution in [0.3, 0.4) is 0 Å². The monoisotopic (exact) mass is 324 g/mol. The highest BCUT2D eigenvalue weighted by Gasteiger charge is 2.30. The summed E-state index contributed by atoms with van der Waals surface area (Å²) in [6, 6.07) is 4.01. The van der Waals surface area contributed by atoms with Gasteiger partial charge in [-0.2, -0.15) is 0 Å². The van der Waals surface area contributed by atoms with Gasteiger partial charge < -0.3 is 10.1 Å². The van der Waals surface area contributed by atoms with Crippen LogP contribution in [0.5, 0.6) is 0 Å². The molecule has 1 N–H and O–H groups in total. The molecule has 6 heteroatoms. The van der Waals surface area contributed by atoms with E-state index in [2.05, 4.69) is 20.3 Å². The molecule has 2 fully saturated rings. The summed E-state index contributed by atoms with van der Waals surface area (Å²) < 4.78 is 5.58. The molecule has 2 atom stereocenters. The number of carbonyl (C=O) groups excluding carboxylic acids is 1. The van der Waals surface area contributed by atoms with E-state index in [0.29, 0.717) is 24.7 Å².